The van der Waals surface area contributed by atoms with Gasteiger partial charge in [-0.3, -0.25) is 4.98 Å². The van der Waals surface area contributed by atoms with Gasteiger partial charge >= 0.3 is 0 Å². The molecule has 1 aliphatic rings. The molecule has 0 aromatic carbocycles. The molecular formula is C14H16N4. The molecule has 1 aliphatic carbocycles. The summed E-state index contributed by atoms with van der Waals surface area (Å²) >= 11 is 0. The van der Waals surface area contributed by atoms with Crippen molar-refractivity contribution in [1.29, 1.82) is 0 Å². The van der Waals surface area contributed by atoms with Crippen LogP contribution >= 0.6 is 0 Å². The van der Waals surface area contributed by atoms with Crippen molar-refractivity contribution in [3.05, 3.63) is 35.8 Å². The van der Waals surface area contributed by atoms with Gasteiger partial charge in [-0.25, -0.2) is 9.97 Å². The zero-order valence-corrected chi connectivity index (χ0v) is 10.5. The fraction of sp³-hybridized carbons (Fsp3) is 0.357. The molecule has 2 aromatic heterocycles. The molecule has 18 heavy (non-hydrogen) atoms. The molecule has 0 atom stereocenters. The van der Waals surface area contributed by atoms with E-state index in [1.807, 2.05) is 25.4 Å². The number of pyridine rings is 1. The van der Waals surface area contributed by atoms with E-state index in [2.05, 4.69) is 26.3 Å². The van der Waals surface area contributed by atoms with E-state index in [1.54, 1.807) is 0 Å². The first-order chi connectivity index (χ1) is 8.88. The van der Waals surface area contributed by atoms with Gasteiger partial charge in [0.1, 0.15) is 0 Å². The minimum Gasteiger partial charge on any atom is -0.354 e. The Morgan fingerprint density at radius 1 is 1.28 bits per heavy atom. The van der Waals surface area contributed by atoms with Gasteiger partial charge in [-0.1, -0.05) is 0 Å². The monoisotopic (exact) mass is 240 g/mol. The third-order valence-electron chi connectivity index (χ3n) is 3.20. The highest BCUT2D eigenvalue weighted by molar-refractivity contribution is 5.67. The van der Waals surface area contributed by atoms with Crippen molar-refractivity contribution < 1.29 is 0 Å². The zero-order chi connectivity index (χ0) is 12.4. The van der Waals surface area contributed by atoms with Gasteiger partial charge in [0.2, 0.25) is 5.95 Å². The minimum absolute atomic E-state index is 0.702. The summed E-state index contributed by atoms with van der Waals surface area (Å²) in [7, 11) is 0. The number of hydrogen-bond donors (Lipinski definition) is 1. The van der Waals surface area contributed by atoms with E-state index in [1.165, 1.54) is 5.56 Å². The van der Waals surface area contributed by atoms with Crippen molar-refractivity contribution in [3.63, 3.8) is 0 Å². The molecular weight excluding hydrogens is 224 g/mol. The van der Waals surface area contributed by atoms with E-state index in [9.17, 15) is 0 Å². The summed E-state index contributed by atoms with van der Waals surface area (Å²) in [6.07, 6.45) is 6.96. The van der Waals surface area contributed by atoms with Crippen LogP contribution in [0.1, 0.15) is 24.6 Å². The molecule has 4 heteroatoms. The summed E-state index contributed by atoms with van der Waals surface area (Å²) < 4.78 is 0. The van der Waals surface area contributed by atoms with Gasteiger partial charge in [0.05, 0.1) is 5.69 Å². The molecule has 0 spiro atoms. The number of anilines is 1. The Balaban J connectivity index is 2.14. The Labute approximate surface area is 107 Å². The van der Waals surface area contributed by atoms with Gasteiger partial charge in [0, 0.05) is 30.2 Å². The quantitative estimate of drug-likeness (QED) is 0.876. The Hall–Kier alpha value is -1.97. The lowest BCUT2D eigenvalue weighted by Crippen LogP contribution is -2.04. The lowest BCUT2D eigenvalue weighted by molar-refractivity contribution is 0.810. The third kappa shape index (κ3) is 1.94. The SMILES string of the molecule is CCNc1ncc2c(n1)-c1cccnc1CCC2. The number of rotatable bonds is 2. The Morgan fingerprint density at radius 3 is 3.11 bits per heavy atom. The average molecular weight is 240 g/mol. The lowest BCUT2D eigenvalue weighted by Gasteiger charge is -2.09. The second-order valence-corrected chi connectivity index (χ2v) is 4.45. The van der Waals surface area contributed by atoms with Crippen LogP contribution in [0.4, 0.5) is 5.95 Å². The van der Waals surface area contributed by atoms with E-state index in [-0.39, 0.29) is 0 Å². The smallest absolute Gasteiger partial charge is 0.223 e. The third-order valence-corrected chi connectivity index (χ3v) is 3.20. The maximum Gasteiger partial charge on any atom is 0.223 e. The molecule has 4 nitrogen and oxygen atoms in total. The minimum atomic E-state index is 0.702. The van der Waals surface area contributed by atoms with Crippen LogP contribution in [0.5, 0.6) is 0 Å². The number of nitrogens with one attached hydrogen (secondary N) is 1. The van der Waals surface area contributed by atoms with Gasteiger partial charge in [0.15, 0.2) is 0 Å². The van der Waals surface area contributed by atoms with Crippen LogP contribution in [0.25, 0.3) is 11.3 Å². The lowest BCUT2D eigenvalue weighted by atomic mass is 10.1. The van der Waals surface area contributed by atoms with Gasteiger partial charge in [-0.05, 0) is 43.9 Å². The summed E-state index contributed by atoms with van der Waals surface area (Å²) in [5.74, 6) is 0.702. The largest absolute Gasteiger partial charge is 0.354 e. The predicted octanol–water partition coefficient (Wildman–Crippen LogP) is 2.46. The van der Waals surface area contributed by atoms with Crippen molar-refractivity contribution in [1.82, 2.24) is 15.0 Å². The van der Waals surface area contributed by atoms with Crippen LogP contribution in [0.15, 0.2) is 24.5 Å². The first-order valence-electron chi connectivity index (χ1n) is 6.42. The fourth-order valence-electron chi connectivity index (χ4n) is 2.37. The van der Waals surface area contributed by atoms with E-state index in [4.69, 9.17) is 0 Å². The van der Waals surface area contributed by atoms with E-state index < -0.39 is 0 Å². The summed E-state index contributed by atoms with van der Waals surface area (Å²) in [5.41, 5.74) is 4.58. The Morgan fingerprint density at radius 2 is 2.22 bits per heavy atom. The fourth-order valence-corrected chi connectivity index (χ4v) is 2.37. The van der Waals surface area contributed by atoms with Crippen molar-refractivity contribution in [2.45, 2.75) is 26.2 Å². The van der Waals surface area contributed by atoms with Gasteiger partial charge < -0.3 is 5.32 Å². The second kappa shape index (κ2) is 4.72. The molecule has 3 rings (SSSR count). The number of fused-ring (bicyclic) bond motifs is 3. The molecule has 0 amide bonds. The van der Waals surface area contributed by atoms with Crippen molar-refractivity contribution >= 4 is 5.95 Å². The molecule has 0 unspecified atom stereocenters. The van der Waals surface area contributed by atoms with Crippen molar-refractivity contribution in [3.8, 4) is 11.3 Å². The van der Waals surface area contributed by atoms with Crippen LogP contribution < -0.4 is 5.32 Å². The summed E-state index contributed by atoms with van der Waals surface area (Å²) in [5, 5.41) is 3.17. The standard InChI is InChI=1S/C14H16N4/c1-2-15-14-17-9-10-5-3-7-12-11(13(10)18-14)6-4-8-16-12/h4,6,8-9H,2-3,5,7H2,1H3,(H,15,17,18). The topological polar surface area (TPSA) is 50.7 Å². The molecule has 0 aliphatic heterocycles. The second-order valence-electron chi connectivity index (χ2n) is 4.45. The van der Waals surface area contributed by atoms with Crippen LogP contribution in [-0.2, 0) is 12.8 Å². The Bertz CT molecular complexity index is 565. The summed E-state index contributed by atoms with van der Waals surface area (Å²) in [4.78, 5) is 13.5. The van der Waals surface area contributed by atoms with Gasteiger partial charge in [0.25, 0.3) is 0 Å². The Kier molecular flexibility index (Phi) is 2.92. The molecule has 2 heterocycles. The first-order valence-corrected chi connectivity index (χ1v) is 6.42. The molecule has 0 saturated carbocycles. The molecule has 1 N–H and O–H groups in total. The first kappa shape index (κ1) is 11.1. The van der Waals surface area contributed by atoms with E-state index in [0.717, 1.165) is 42.8 Å². The highest BCUT2D eigenvalue weighted by Crippen LogP contribution is 2.29. The van der Waals surface area contributed by atoms with E-state index in [0.29, 0.717) is 5.95 Å². The van der Waals surface area contributed by atoms with Gasteiger partial charge in [-0.15, -0.1) is 0 Å². The number of aryl methyl sites for hydroxylation is 2. The van der Waals surface area contributed by atoms with Crippen molar-refractivity contribution in [2.24, 2.45) is 0 Å². The van der Waals surface area contributed by atoms with Crippen LogP contribution in [0.3, 0.4) is 0 Å². The number of aromatic nitrogens is 3. The average Bonchev–Trinajstić information content (AvgIpc) is 2.58. The van der Waals surface area contributed by atoms with Crippen molar-refractivity contribution in [2.75, 3.05) is 11.9 Å². The highest BCUT2D eigenvalue weighted by atomic mass is 15.1. The molecule has 0 radical (unpaired) electrons. The summed E-state index contributed by atoms with van der Waals surface area (Å²) in [6.45, 7) is 2.88. The molecule has 0 bridgehead atoms. The number of hydrogen-bond acceptors (Lipinski definition) is 4. The normalized spacial score (nSPS) is 13.4. The van der Waals surface area contributed by atoms with Crippen LogP contribution in [0, 0.1) is 0 Å². The summed E-state index contributed by atoms with van der Waals surface area (Å²) in [6, 6.07) is 4.08. The van der Waals surface area contributed by atoms with Crippen LogP contribution in [-0.4, -0.2) is 21.5 Å². The maximum atomic E-state index is 4.64. The highest BCUT2D eigenvalue weighted by Gasteiger charge is 2.17. The molecule has 0 saturated heterocycles. The van der Waals surface area contributed by atoms with Crippen LogP contribution in [0.2, 0.25) is 0 Å². The maximum absolute atomic E-state index is 4.64. The molecule has 92 valence electrons. The molecule has 2 aromatic rings. The zero-order valence-electron chi connectivity index (χ0n) is 10.5. The van der Waals surface area contributed by atoms with Gasteiger partial charge in [-0.2, -0.15) is 0 Å². The molecule has 0 fully saturated rings. The predicted molar refractivity (Wildman–Crippen MR) is 71.5 cm³/mol. The van der Waals surface area contributed by atoms with E-state index >= 15 is 0 Å². The number of nitrogens with zero attached hydrogens (tertiary/aromatic N) is 3.